The molecule has 0 aliphatic carbocycles. The number of aliphatic hydroxyl groups is 1. The summed E-state index contributed by atoms with van der Waals surface area (Å²) >= 11 is 0. The highest BCUT2D eigenvalue weighted by Gasteiger charge is 2.32. The maximum absolute atomic E-state index is 12.8. The molecule has 0 bridgehead atoms. The molecule has 21 heavy (non-hydrogen) atoms. The first-order chi connectivity index (χ1) is 9.54. The number of hydrogen-bond acceptors (Lipinski definition) is 2. The Bertz CT molecular complexity index is 452. The number of nitrogens with one attached hydrogen (secondary N) is 1. The van der Waals surface area contributed by atoms with E-state index in [-0.39, 0.29) is 11.6 Å². The summed E-state index contributed by atoms with van der Waals surface area (Å²) < 4.78 is 38.3. The Labute approximate surface area is 124 Å². The molecule has 0 amide bonds. The second kappa shape index (κ2) is 6.79. The van der Waals surface area contributed by atoms with Crippen molar-refractivity contribution in [3.8, 4) is 0 Å². The van der Waals surface area contributed by atoms with Crippen LogP contribution in [0, 0.1) is 0 Å². The summed E-state index contributed by atoms with van der Waals surface area (Å²) in [6.45, 7) is 7.88. The van der Waals surface area contributed by atoms with Crippen LogP contribution in [0.2, 0.25) is 0 Å². The fraction of sp³-hybridized carbons (Fsp3) is 0.625. The Morgan fingerprint density at radius 1 is 1.19 bits per heavy atom. The van der Waals surface area contributed by atoms with Gasteiger partial charge in [-0.2, -0.15) is 13.2 Å². The van der Waals surface area contributed by atoms with E-state index in [1.165, 1.54) is 12.1 Å². The van der Waals surface area contributed by atoms with Gasteiger partial charge in [0, 0.05) is 11.6 Å². The summed E-state index contributed by atoms with van der Waals surface area (Å²) in [4.78, 5) is 0. The third kappa shape index (κ3) is 5.67. The number of hydrogen-bond donors (Lipinski definition) is 2. The van der Waals surface area contributed by atoms with Crippen molar-refractivity contribution >= 4 is 0 Å². The van der Waals surface area contributed by atoms with Crippen LogP contribution in [0.25, 0.3) is 0 Å². The molecule has 2 N–H and O–H groups in total. The summed E-state index contributed by atoms with van der Waals surface area (Å²) in [6, 6.07) is 4.63. The van der Waals surface area contributed by atoms with E-state index in [9.17, 15) is 18.3 Å². The standard InChI is InChI=1S/C16H24F3NO/c1-5-7-13(20-15(2,3)4)14(21)11-8-6-9-12(10-11)16(17,18)19/h6,8-10,13-14,20-21H,5,7H2,1-4H3. The Morgan fingerprint density at radius 3 is 2.29 bits per heavy atom. The van der Waals surface area contributed by atoms with Crippen molar-refractivity contribution in [2.75, 3.05) is 0 Å². The predicted octanol–water partition coefficient (Wildman–Crippen LogP) is 4.30. The summed E-state index contributed by atoms with van der Waals surface area (Å²) in [5, 5.41) is 13.7. The first-order valence-electron chi connectivity index (χ1n) is 7.17. The normalized spacial score (nSPS) is 15.8. The summed E-state index contributed by atoms with van der Waals surface area (Å²) in [5.41, 5.74) is -0.660. The predicted molar refractivity (Wildman–Crippen MR) is 78.0 cm³/mol. The van der Waals surface area contributed by atoms with Gasteiger partial charge in [-0.15, -0.1) is 0 Å². The molecule has 1 rings (SSSR count). The van der Waals surface area contributed by atoms with Crippen LogP contribution >= 0.6 is 0 Å². The van der Waals surface area contributed by atoms with Crippen molar-refractivity contribution in [1.29, 1.82) is 0 Å². The number of benzene rings is 1. The van der Waals surface area contributed by atoms with E-state index in [0.29, 0.717) is 12.0 Å². The van der Waals surface area contributed by atoms with Crippen LogP contribution in [-0.4, -0.2) is 16.7 Å². The van der Waals surface area contributed by atoms with Gasteiger partial charge in [0.1, 0.15) is 0 Å². The van der Waals surface area contributed by atoms with Gasteiger partial charge in [-0.25, -0.2) is 0 Å². The highest BCUT2D eigenvalue weighted by atomic mass is 19.4. The van der Waals surface area contributed by atoms with Gasteiger partial charge in [0.2, 0.25) is 0 Å². The lowest BCUT2D eigenvalue weighted by Gasteiger charge is -2.32. The van der Waals surface area contributed by atoms with Crippen molar-refractivity contribution < 1.29 is 18.3 Å². The van der Waals surface area contributed by atoms with Crippen LogP contribution in [0.15, 0.2) is 24.3 Å². The van der Waals surface area contributed by atoms with Crippen LogP contribution in [0.5, 0.6) is 0 Å². The molecule has 0 heterocycles. The quantitative estimate of drug-likeness (QED) is 0.850. The first-order valence-corrected chi connectivity index (χ1v) is 7.17. The van der Waals surface area contributed by atoms with Crippen molar-refractivity contribution in [1.82, 2.24) is 5.32 Å². The Kier molecular flexibility index (Phi) is 5.82. The molecule has 2 atom stereocenters. The average molecular weight is 303 g/mol. The Morgan fingerprint density at radius 2 is 1.81 bits per heavy atom. The lowest BCUT2D eigenvalue weighted by atomic mass is 9.94. The van der Waals surface area contributed by atoms with Gasteiger partial charge in [0.25, 0.3) is 0 Å². The lowest BCUT2D eigenvalue weighted by Crippen LogP contribution is -2.46. The summed E-state index contributed by atoms with van der Waals surface area (Å²) in [7, 11) is 0. The number of halogens is 3. The number of rotatable bonds is 5. The monoisotopic (exact) mass is 303 g/mol. The molecular weight excluding hydrogens is 279 g/mol. The smallest absolute Gasteiger partial charge is 0.387 e. The molecule has 120 valence electrons. The molecular formula is C16H24F3NO. The van der Waals surface area contributed by atoms with E-state index in [4.69, 9.17) is 0 Å². The minimum atomic E-state index is -4.40. The van der Waals surface area contributed by atoms with Crippen molar-refractivity contribution in [3.63, 3.8) is 0 Å². The molecule has 0 aliphatic heterocycles. The molecule has 2 unspecified atom stereocenters. The fourth-order valence-electron chi connectivity index (χ4n) is 2.31. The second-order valence-corrected chi connectivity index (χ2v) is 6.36. The zero-order valence-electron chi connectivity index (χ0n) is 13.0. The molecule has 1 aromatic rings. The average Bonchev–Trinajstić information content (AvgIpc) is 2.35. The third-order valence-corrected chi connectivity index (χ3v) is 3.15. The largest absolute Gasteiger partial charge is 0.416 e. The van der Waals surface area contributed by atoms with E-state index < -0.39 is 17.8 Å². The minimum absolute atomic E-state index is 0.220. The second-order valence-electron chi connectivity index (χ2n) is 6.36. The minimum Gasteiger partial charge on any atom is -0.387 e. The summed E-state index contributed by atoms with van der Waals surface area (Å²) in [6.07, 6.45) is -3.84. The van der Waals surface area contributed by atoms with Gasteiger partial charge in [-0.05, 0) is 44.9 Å². The fourth-order valence-corrected chi connectivity index (χ4v) is 2.31. The van der Waals surface area contributed by atoms with Gasteiger partial charge in [0.05, 0.1) is 11.7 Å². The lowest BCUT2D eigenvalue weighted by molar-refractivity contribution is -0.137. The van der Waals surface area contributed by atoms with Gasteiger partial charge in [-0.3, -0.25) is 0 Å². The van der Waals surface area contributed by atoms with E-state index in [2.05, 4.69) is 5.32 Å². The zero-order chi connectivity index (χ0) is 16.3. The van der Waals surface area contributed by atoms with Crippen LogP contribution < -0.4 is 5.32 Å². The molecule has 0 aromatic heterocycles. The van der Waals surface area contributed by atoms with Gasteiger partial charge in [0.15, 0.2) is 0 Å². The van der Waals surface area contributed by atoms with Crippen LogP contribution in [0.3, 0.4) is 0 Å². The molecule has 0 saturated carbocycles. The highest BCUT2D eigenvalue weighted by Crippen LogP contribution is 2.32. The van der Waals surface area contributed by atoms with Gasteiger partial charge >= 0.3 is 6.18 Å². The zero-order valence-corrected chi connectivity index (χ0v) is 13.0. The SMILES string of the molecule is CCCC(NC(C)(C)C)C(O)c1cccc(C(F)(F)F)c1. The maximum Gasteiger partial charge on any atom is 0.416 e. The van der Waals surface area contributed by atoms with Crippen LogP contribution in [-0.2, 0) is 6.18 Å². The van der Waals surface area contributed by atoms with Crippen LogP contribution in [0.1, 0.15) is 57.8 Å². The highest BCUT2D eigenvalue weighted by molar-refractivity contribution is 5.28. The van der Waals surface area contributed by atoms with Gasteiger partial charge < -0.3 is 10.4 Å². The molecule has 5 heteroatoms. The molecule has 0 spiro atoms. The van der Waals surface area contributed by atoms with Gasteiger partial charge in [-0.1, -0.05) is 25.5 Å². The molecule has 2 nitrogen and oxygen atoms in total. The molecule has 0 fully saturated rings. The topological polar surface area (TPSA) is 32.3 Å². The first kappa shape index (κ1) is 18.0. The summed E-state index contributed by atoms with van der Waals surface area (Å²) in [5.74, 6) is 0. The maximum atomic E-state index is 12.8. The van der Waals surface area contributed by atoms with Crippen LogP contribution in [0.4, 0.5) is 13.2 Å². The number of aliphatic hydroxyl groups excluding tert-OH is 1. The Balaban J connectivity index is 3.01. The number of alkyl halides is 3. The van der Waals surface area contributed by atoms with E-state index in [1.54, 1.807) is 0 Å². The van der Waals surface area contributed by atoms with Crippen molar-refractivity contribution in [3.05, 3.63) is 35.4 Å². The third-order valence-electron chi connectivity index (χ3n) is 3.15. The Hall–Kier alpha value is -1.07. The molecule has 0 radical (unpaired) electrons. The molecule has 1 aromatic carbocycles. The molecule has 0 aliphatic rings. The molecule has 0 saturated heterocycles. The van der Waals surface area contributed by atoms with E-state index in [1.807, 2.05) is 27.7 Å². The van der Waals surface area contributed by atoms with Crippen molar-refractivity contribution in [2.24, 2.45) is 0 Å². The van der Waals surface area contributed by atoms with E-state index >= 15 is 0 Å². The van der Waals surface area contributed by atoms with Crippen molar-refractivity contribution in [2.45, 2.75) is 64.4 Å². The van der Waals surface area contributed by atoms with E-state index in [0.717, 1.165) is 18.6 Å².